The van der Waals surface area contributed by atoms with Crippen LogP contribution in [0.2, 0.25) is 6.04 Å². The van der Waals surface area contributed by atoms with Crippen LogP contribution < -0.4 is 4.90 Å². The number of hydrogen-bond donors (Lipinski definition) is 0. The van der Waals surface area contributed by atoms with Crippen molar-refractivity contribution in [2.45, 2.75) is 58.7 Å². The maximum atomic E-state index is 13.8. The van der Waals surface area contributed by atoms with Gasteiger partial charge >= 0.3 is 6.09 Å². The quantitative estimate of drug-likeness (QED) is 0.425. The van der Waals surface area contributed by atoms with Gasteiger partial charge in [-0.2, -0.15) is 8.42 Å². The van der Waals surface area contributed by atoms with Crippen molar-refractivity contribution >= 4 is 31.7 Å². The second-order valence-electron chi connectivity index (χ2n) is 8.86. The summed E-state index contributed by atoms with van der Waals surface area (Å²) in [7, 11) is -3.53. The number of nitrogens with zero attached hydrogens (tertiary/aromatic N) is 2. The molecule has 2 aliphatic heterocycles. The van der Waals surface area contributed by atoms with Crippen molar-refractivity contribution in [3.8, 4) is 0 Å². The van der Waals surface area contributed by atoms with Crippen LogP contribution in [0.25, 0.3) is 0 Å². The van der Waals surface area contributed by atoms with Gasteiger partial charge in [0, 0.05) is 13.1 Å². The van der Waals surface area contributed by atoms with Gasteiger partial charge in [0.25, 0.3) is 16.4 Å². The molecule has 1 aromatic rings. The van der Waals surface area contributed by atoms with Gasteiger partial charge in [0.15, 0.2) is 6.17 Å². The van der Waals surface area contributed by atoms with E-state index in [1.807, 2.05) is 4.90 Å². The zero-order valence-corrected chi connectivity index (χ0v) is 20.0. The first-order valence-corrected chi connectivity index (χ1v) is 13.0. The Labute approximate surface area is 185 Å². The highest BCUT2D eigenvalue weighted by Gasteiger charge is 2.50. The molecule has 2 fully saturated rings. The van der Waals surface area contributed by atoms with Crippen LogP contribution in [0, 0.1) is 11.2 Å². The van der Waals surface area contributed by atoms with E-state index < -0.39 is 34.5 Å². The summed E-state index contributed by atoms with van der Waals surface area (Å²) >= 11 is 0. The maximum absolute atomic E-state index is 13.8. The number of carbonyl (C=O) groups is 1. The molecular weight excluding hydrogens is 443 g/mol. The Hall–Kier alpha value is -1.53. The molecular formula is C20H29FN2O6SSi. The molecule has 0 saturated carbocycles. The number of halogens is 1. The van der Waals surface area contributed by atoms with E-state index >= 15 is 0 Å². The van der Waals surface area contributed by atoms with Crippen LogP contribution >= 0.6 is 0 Å². The molecule has 3 unspecified atom stereocenters. The maximum Gasteiger partial charge on any atom is 0.418 e. The molecule has 172 valence electrons. The first-order valence-electron chi connectivity index (χ1n) is 10.3. The molecule has 0 bridgehead atoms. The minimum absolute atomic E-state index is 0.0471. The van der Waals surface area contributed by atoms with Gasteiger partial charge in [-0.1, -0.05) is 26.8 Å². The SMILES string of the molecule is CCS(=O)(=O)OC1OC(=O)N(c2cccc(F)c2)C1N1CCC(O[Si]CC(C)(C)C)C1. The van der Waals surface area contributed by atoms with Crippen LogP contribution in [0.4, 0.5) is 14.9 Å². The third kappa shape index (κ3) is 6.25. The Morgan fingerprint density at radius 1 is 1.32 bits per heavy atom. The van der Waals surface area contributed by atoms with Crippen molar-refractivity contribution in [3.05, 3.63) is 30.1 Å². The number of benzene rings is 1. The molecule has 0 N–H and O–H groups in total. The first-order chi connectivity index (χ1) is 14.5. The first kappa shape index (κ1) is 24.1. The van der Waals surface area contributed by atoms with Crippen LogP contribution in [0.5, 0.6) is 0 Å². The molecule has 2 heterocycles. The average Bonchev–Trinajstić information content (AvgIpc) is 3.24. The molecule has 8 nitrogen and oxygen atoms in total. The lowest BCUT2D eigenvalue weighted by molar-refractivity contribution is -0.0420. The third-order valence-electron chi connectivity index (χ3n) is 5.01. The number of amides is 1. The second kappa shape index (κ2) is 9.53. The lowest BCUT2D eigenvalue weighted by Gasteiger charge is -2.32. The molecule has 3 atom stereocenters. The summed E-state index contributed by atoms with van der Waals surface area (Å²) in [6.07, 6.45) is -2.31. The monoisotopic (exact) mass is 472 g/mol. The Morgan fingerprint density at radius 2 is 2.06 bits per heavy atom. The third-order valence-corrected chi connectivity index (χ3v) is 7.90. The van der Waals surface area contributed by atoms with E-state index in [4.69, 9.17) is 13.3 Å². The van der Waals surface area contributed by atoms with Crippen molar-refractivity contribution in [1.29, 1.82) is 0 Å². The van der Waals surface area contributed by atoms with Crippen LogP contribution in [0.3, 0.4) is 0 Å². The predicted octanol–water partition coefficient (Wildman–Crippen LogP) is 2.98. The lowest BCUT2D eigenvalue weighted by Crippen LogP contribution is -2.51. The van der Waals surface area contributed by atoms with Gasteiger partial charge in [0.05, 0.1) is 17.5 Å². The number of cyclic esters (lactones) is 1. The van der Waals surface area contributed by atoms with E-state index in [1.54, 1.807) is 6.07 Å². The van der Waals surface area contributed by atoms with Crippen molar-refractivity contribution in [1.82, 2.24) is 4.90 Å². The molecule has 1 amide bonds. The summed E-state index contributed by atoms with van der Waals surface area (Å²) < 4.78 is 54.5. The number of anilines is 1. The van der Waals surface area contributed by atoms with Gasteiger partial charge in [-0.15, -0.1) is 0 Å². The molecule has 3 rings (SSSR count). The van der Waals surface area contributed by atoms with Crippen LogP contribution in [-0.2, 0) is 23.5 Å². The topological polar surface area (TPSA) is 85.4 Å². The van der Waals surface area contributed by atoms with Crippen LogP contribution in [0.15, 0.2) is 24.3 Å². The van der Waals surface area contributed by atoms with Gasteiger partial charge < -0.3 is 9.16 Å². The molecule has 0 spiro atoms. The summed E-state index contributed by atoms with van der Waals surface area (Å²) in [5.74, 6) is -0.770. The second-order valence-corrected chi connectivity index (χ2v) is 11.6. The van der Waals surface area contributed by atoms with E-state index in [0.717, 1.165) is 12.5 Å². The zero-order valence-electron chi connectivity index (χ0n) is 18.2. The molecule has 1 aromatic carbocycles. The largest absolute Gasteiger partial charge is 0.418 e. The van der Waals surface area contributed by atoms with Crippen LogP contribution in [-0.4, -0.2) is 66.6 Å². The summed E-state index contributed by atoms with van der Waals surface area (Å²) in [5, 5.41) is 0. The molecule has 31 heavy (non-hydrogen) atoms. The fourth-order valence-corrected chi connectivity index (χ4v) is 4.92. The van der Waals surface area contributed by atoms with E-state index in [1.165, 1.54) is 30.0 Å². The van der Waals surface area contributed by atoms with Gasteiger partial charge in [-0.25, -0.2) is 13.4 Å². The summed E-state index contributed by atoms with van der Waals surface area (Å²) in [6.45, 7) is 8.94. The van der Waals surface area contributed by atoms with Crippen molar-refractivity contribution in [3.63, 3.8) is 0 Å². The Balaban J connectivity index is 1.80. The molecule has 0 aliphatic carbocycles. The number of carbonyl (C=O) groups excluding carboxylic acids is 1. The van der Waals surface area contributed by atoms with Crippen molar-refractivity contribution in [2.75, 3.05) is 23.7 Å². The lowest BCUT2D eigenvalue weighted by atomic mass is 10.0. The number of rotatable bonds is 8. The Bertz CT molecular complexity index is 894. The van der Waals surface area contributed by atoms with E-state index in [-0.39, 0.29) is 23.0 Å². The summed E-state index contributed by atoms with van der Waals surface area (Å²) in [4.78, 5) is 15.8. The summed E-state index contributed by atoms with van der Waals surface area (Å²) in [5.41, 5.74) is 0.443. The van der Waals surface area contributed by atoms with Crippen molar-refractivity contribution in [2.24, 2.45) is 5.41 Å². The smallest absolute Gasteiger partial charge is 0.414 e. The van der Waals surface area contributed by atoms with Gasteiger partial charge in [-0.05, 0) is 43.0 Å². The predicted molar refractivity (Wildman–Crippen MR) is 115 cm³/mol. The molecule has 11 heteroatoms. The Morgan fingerprint density at radius 3 is 2.71 bits per heavy atom. The normalized spacial score (nSPS) is 25.3. The number of likely N-dealkylation sites (tertiary alicyclic amines) is 1. The molecule has 2 aliphatic rings. The highest BCUT2D eigenvalue weighted by Crippen LogP contribution is 2.33. The highest BCUT2D eigenvalue weighted by atomic mass is 32.2. The van der Waals surface area contributed by atoms with Gasteiger partial charge in [0.1, 0.15) is 5.82 Å². The highest BCUT2D eigenvalue weighted by molar-refractivity contribution is 7.86. The van der Waals surface area contributed by atoms with E-state index in [0.29, 0.717) is 22.9 Å². The number of ether oxygens (including phenoxy) is 1. The zero-order chi connectivity index (χ0) is 22.8. The number of hydrogen-bond acceptors (Lipinski definition) is 7. The average molecular weight is 473 g/mol. The molecule has 2 saturated heterocycles. The minimum Gasteiger partial charge on any atom is -0.414 e. The van der Waals surface area contributed by atoms with Crippen LogP contribution in [0.1, 0.15) is 34.1 Å². The minimum atomic E-state index is -3.88. The van der Waals surface area contributed by atoms with Gasteiger partial charge in [0.2, 0.25) is 9.76 Å². The van der Waals surface area contributed by atoms with Gasteiger partial charge in [-0.3, -0.25) is 9.80 Å². The fraction of sp³-hybridized carbons (Fsp3) is 0.650. The molecule has 2 radical (unpaired) electrons. The fourth-order valence-electron chi connectivity index (χ4n) is 3.41. The molecule has 0 aromatic heterocycles. The van der Waals surface area contributed by atoms with E-state index in [9.17, 15) is 17.6 Å². The van der Waals surface area contributed by atoms with E-state index in [2.05, 4.69) is 20.8 Å². The Kier molecular flexibility index (Phi) is 7.42. The summed E-state index contributed by atoms with van der Waals surface area (Å²) in [6, 6.07) is 6.47. The standard InChI is InChI=1S/C20H29FN2O6SSi/c1-5-30(25,26)28-18-17(22-10-9-16(12-22)29-31-13-20(2,3)4)23(19(24)27-18)15-8-6-7-14(21)11-15/h6-8,11,16-18H,5,9-10,12-13H2,1-4H3. The van der Waals surface area contributed by atoms with Crippen molar-refractivity contribution < 1.29 is 30.9 Å².